The zero-order valence-corrected chi connectivity index (χ0v) is 17.9. The number of H-pyrrole nitrogens is 2. The van der Waals surface area contributed by atoms with Gasteiger partial charge in [-0.1, -0.05) is 19.8 Å². The maximum atomic E-state index is 12.2. The van der Waals surface area contributed by atoms with Crippen LogP contribution < -0.4 is 0 Å². The fourth-order valence-electron chi connectivity index (χ4n) is 4.17. The van der Waals surface area contributed by atoms with Crippen LogP contribution in [-0.2, 0) is 6.42 Å². The Labute approximate surface area is 185 Å². The number of fused-ring (bicyclic) bond motifs is 8. The van der Waals surface area contributed by atoms with Crippen molar-refractivity contribution in [3.8, 4) is 0 Å². The van der Waals surface area contributed by atoms with Crippen LogP contribution in [0.15, 0.2) is 36.4 Å². The second-order valence-electron chi connectivity index (χ2n) is 8.07. The summed E-state index contributed by atoms with van der Waals surface area (Å²) < 4.78 is 0. The largest absolute Gasteiger partial charge is 0.478 e. The Hall–Kier alpha value is -3.93. The molecule has 8 bridgehead atoms. The summed E-state index contributed by atoms with van der Waals surface area (Å²) in [5.74, 6) is -1.01. The van der Waals surface area contributed by atoms with E-state index in [1.807, 2.05) is 42.5 Å². The maximum Gasteiger partial charge on any atom is 0.340 e. The summed E-state index contributed by atoms with van der Waals surface area (Å²) in [5.41, 5.74) is 7.46. The number of carboxylic acid groups (broad SMARTS) is 1. The van der Waals surface area contributed by atoms with Gasteiger partial charge in [-0.05, 0) is 73.5 Å². The summed E-state index contributed by atoms with van der Waals surface area (Å²) in [7, 11) is 0. The molecule has 5 rings (SSSR count). The molecule has 0 saturated heterocycles. The third-order valence-corrected chi connectivity index (χ3v) is 5.75. The number of aryl methyl sites for hydroxylation is 1. The number of aromatic nitrogens is 4. The Morgan fingerprint density at radius 1 is 0.844 bits per heavy atom. The second-order valence-corrected chi connectivity index (χ2v) is 8.07. The van der Waals surface area contributed by atoms with Crippen LogP contribution in [0.3, 0.4) is 0 Å². The standard InChI is InChI=1S/C26H24N4O2/c1-2-3-4-5-20-21-10-8-18(28-21)14-16-6-7-17(27-16)15-19-9-11-23(29-19)25(26(31)32)24-13-12-22(20)30-24/h6-15,28-29H,2-5H2,1H3,(H,31,32). The van der Waals surface area contributed by atoms with E-state index < -0.39 is 5.97 Å². The monoisotopic (exact) mass is 424 g/mol. The molecular formula is C26H24N4O2. The molecule has 0 saturated carbocycles. The van der Waals surface area contributed by atoms with E-state index in [-0.39, 0.29) is 5.56 Å². The van der Waals surface area contributed by atoms with Gasteiger partial charge in [0, 0.05) is 22.1 Å². The van der Waals surface area contributed by atoms with Gasteiger partial charge in [-0.15, -0.1) is 0 Å². The Morgan fingerprint density at radius 3 is 2.19 bits per heavy atom. The Morgan fingerprint density at radius 2 is 1.50 bits per heavy atom. The van der Waals surface area contributed by atoms with Crippen LogP contribution >= 0.6 is 0 Å². The van der Waals surface area contributed by atoms with Gasteiger partial charge in [-0.2, -0.15) is 0 Å². The van der Waals surface area contributed by atoms with Crippen molar-refractivity contribution in [2.24, 2.45) is 0 Å². The van der Waals surface area contributed by atoms with Crippen molar-refractivity contribution >= 4 is 52.3 Å². The molecule has 5 heterocycles. The normalized spacial score (nSPS) is 12.4. The lowest BCUT2D eigenvalue weighted by Gasteiger charge is -2.03. The van der Waals surface area contributed by atoms with Crippen LogP contribution in [0.5, 0.6) is 0 Å². The quantitative estimate of drug-likeness (QED) is 0.298. The van der Waals surface area contributed by atoms with E-state index in [4.69, 9.17) is 4.98 Å². The Balaban J connectivity index is 1.85. The molecule has 6 nitrogen and oxygen atoms in total. The summed E-state index contributed by atoms with van der Waals surface area (Å²) in [6, 6.07) is 11.7. The van der Waals surface area contributed by atoms with Gasteiger partial charge in [0.2, 0.25) is 0 Å². The number of aromatic amines is 2. The zero-order chi connectivity index (χ0) is 22.1. The van der Waals surface area contributed by atoms with Crippen molar-refractivity contribution in [3.63, 3.8) is 0 Å². The van der Waals surface area contributed by atoms with Crippen molar-refractivity contribution < 1.29 is 9.90 Å². The minimum atomic E-state index is -1.01. The number of rotatable bonds is 5. The van der Waals surface area contributed by atoms with Gasteiger partial charge in [-0.25, -0.2) is 14.8 Å². The predicted molar refractivity (Wildman–Crippen MR) is 129 cm³/mol. The molecule has 0 aromatic carbocycles. The van der Waals surface area contributed by atoms with E-state index in [2.05, 4.69) is 27.9 Å². The van der Waals surface area contributed by atoms with Gasteiger partial charge in [0.05, 0.1) is 28.3 Å². The molecule has 3 aromatic rings. The van der Waals surface area contributed by atoms with E-state index in [0.717, 1.165) is 64.9 Å². The van der Waals surface area contributed by atoms with Gasteiger partial charge in [-0.3, -0.25) is 0 Å². The van der Waals surface area contributed by atoms with Crippen molar-refractivity contribution in [2.75, 3.05) is 0 Å². The lowest BCUT2D eigenvalue weighted by atomic mass is 10.1. The first-order chi connectivity index (χ1) is 15.6. The van der Waals surface area contributed by atoms with Crippen molar-refractivity contribution in [2.45, 2.75) is 32.6 Å². The summed E-state index contributed by atoms with van der Waals surface area (Å²) in [5, 5.41) is 9.96. The fraction of sp³-hybridized carbons (Fsp3) is 0.192. The smallest absolute Gasteiger partial charge is 0.340 e. The summed E-state index contributed by atoms with van der Waals surface area (Å²) in [4.78, 5) is 28.3. The SMILES string of the molecule is CCCCCc1c2nc(c(C(=O)O)c3ccc(cc4nc(cc5ccc1[nH]5)C=C4)[nH]3)C=C2. The van der Waals surface area contributed by atoms with E-state index >= 15 is 0 Å². The minimum Gasteiger partial charge on any atom is -0.478 e. The summed E-state index contributed by atoms with van der Waals surface area (Å²) in [6.07, 6.45) is 11.8. The fourth-order valence-corrected chi connectivity index (χ4v) is 4.17. The van der Waals surface area contributed by atoms with E-state index in [1.165, 1.54) is 0 Å². The first-order valence-electron chi connectivity index (χ1n) is 10.9. The minimum absolute atomic E-state index is 0.160. The zero-order valence-electron chi connectivity index (χ0n) is 17.9. The topological polar surface area (TPSA) is 94.7 Å². The molecule has 2 aliphatic heterocycles. The number of hydrogen-bond donors (Lipinski definition) is 3. The molecule has 0 atom stereocenters. The molecule has 0 amide bonds. The predicted octanol–water partition coefficient (Wildman–Crippen LogP) is 6.09. The molecule has 0 radical (unpaired) electrons. The second kappa shape index (κ2) is 8.30. The summed E-state index contributed by atoms with van der Waals surface area (Å²) >= 11 is 0. The molecule has 3 N–H and O–H groups in total. The highest BCUT2D eigenvalue weighted by Crippen LogP contribution is 2.25. The molecule has 6 heteroatoms. The third kappa shape index (κ3) is 3.87. The average molecular weight is 425 g/mol. The average Bonchev–Trinajstić information content (AvgIpc) is 3.55. The molecule has 0 unspecified atom stereocenters. The highest BCUT2D eigenvalue weighted by molar-refractivity contribution is 6.00. The van der Waals surface area contributed by atoms with Crippen molar-refractivity contribution in [3.05, 3.63) is 70.3 Å². The maximum absolute atomic E-state index is 12.2. The van der Waals surface area contributed by atoms with Gasteiger partial charge in [0.15, 0.2) is 0 Å². The van der Waals surface area contributed by atoms with E-state index in [0.29, 0.717) is 11.2 Å². The van der Waals surface area contributed by atoms with Crippen molar-refractivity contribution in [1.82, 2.24) is 19.9 Å². The lowest BCUT2D eigenvalue weighted by molar-refractivity contribution is 0.0698. The number of aromatic carboxylic acids is 1. The molecular weight excluding hydrogens is 400 g/mol. The lowest BCUT2D eigenvalue weighted by Crippen LogP contribution is -2.00. The molecule has 0 aliphatic carbocycles. The molecule has 2 aliphatic rings. The molecule has 160 valence electrons. The number of hydrogen-bond acceptors (Lipinski definition) is 3. The molecule has 0 fully saturated rings. The van der Waals surface area contributed by atoms with Crippen LogP contribution in [0.2, 0.25) is 0 Å². The van der Waals surface area contributed by atoms with E-state index in [9.17, 15) is 9.90 Å². The molecule has 3 aromatic heterocycles. The van der Waals surface area contributed by atoms with Crippen molar-refractivity contribution in [1.29, 1.82) is 0 Å². The number of carboxylic acids is 1. The molecule has 32 heavy (non-hydrogen) atoms. The summed E-state index contributed by atoms with van der Waals surface area (Å²) in [6.45, 7) is 2.18. The van der Waals surface area contributed by atoms with Crippen LogP contribution in [0.4, 0.5) is 0 Å². The first kappa shape index (κ1) is 20.0. The van der Waals surface area contributed by atoms with Gasteiger partial charge < -0.3 is 15.1 Å². The number of unbranched alkanes of at least 4 members (excludes halogenated alkanes) is 2. The third-order valence-electron chi connectivity index (χ3n) is 5.75. The van der Waals surface area contributed by atoms with Gasteiger partial charge in [0.25, 0.3) is 0 Å². The van der Waals surface area contributed by atoms with E-state index in [1.54, 1.807) is 12.1 Å². The van der Waals surface area contributed by atoms with Gasteiger partial charge >= 0.3 is 5.97 Å². The number of nitrogens with zero attached hydrogens (tertiary/aromatic N) is 2. The first-order valence-corrected chi connectivity index (χ1v) is 10.9. The van der Waals surface area contributed by atoms with Crippen LogP contribution in [0.1, 0.15) is 64.9 Å². The highest BCUT2D eigenvalue weighted by Gasteiger charge is 2.16. The Bertz CT molecular complexity index is 1420. The van der Waals surface area contributed by atoms with Gasteiger partial charge in [0.1, 0.15) is 5.56 Å². The van der Waals surface area contributed by atoms with Crippen LogP contribution in [0, 0.1) is 0 Å². The van der Waals surface area contributed by atoms with Crippen LogP contribution in [0.25, 0.3) is 46.4 Å². The van der Waals surface area contributed by atoms with Crippen LogP contribution in [-0.4, -0.2) is 31.0 Å². The number of carbonyl (C=O) groups is 1. The highest BCUT2D eigenvalue weighted by atomic mass is 16.4. The molecule has 0 spiro atoms. The Kier molecular flexibility index (Phi) is 5.19. The number of nitrogens with one attached hydrogen (secondary N) is 2.